The number of carbonyl (C=O) groups excluding carboxylic acids is 1. The first-order valence-electron chi connectivity index (χ1n) is 7.28. The van der Waals surface area contributed by atoms with E-state index in [9.17, 15) is 9.18 Å². The molecule has 0 bridgehead atoms. The SMILES string of the molecule is CCC1CCC(Nc2ccc(F)cc2C(=O)OC)CC1. The highest BCUT2D eigenvalue weighted by Crippen LogP contribution is 2.29. The van der Waals surface area contributed by atoms with Gasteiger partial charge in [0.2, 0.25) is 0 Å². The van der Waals surface area contributed by atoms with Crippen LogP contribution in [0.4, 0.5) is 10.1 Å². The lowest BCUT2D eigenvalue weighted by Gasteiger charge is -2.29. The van der Waals surface area contributed by atoms with Crippen molar-refractivity contribution in [3.8, 4) is 0 Å². The molecule has 0 amide bonds. The molecule has 110 valence electrons. The topological polar surface area (TPSA) is 38.3 Å². The summed E-state index contributed by atoms with van der Waals surface area (Å²) < 4.78 is 18.0. The first-order chi connectivity index (χ1) is 9.63. The fourth-order valence-electron chi connectivity index (χ4n) is 2.86. The van der Waals surface area contributed by atoms with Crippen LogP contribution in [0.2, 0.25) is 0 Å². The maximum Gasteiger partial charge on any atom is 0.340 e. The summed E-state index contributed by atoms with van der Waals surface area (Å²) in [5, 5.41) is 3.37. The van der Waals surface area contributed by atoms with Gasteiger partial charge in [0.25, 0.3) is 0 Å². The first kappa shape index (κ1) is 14.8. The van der Waals surface area contributed by atoms with Gasteiger partial charge in [0.1, 0.15) is 5.82 Å². The van der Waals surface area contributed by atoms with E-state index < -0.39 is 11.8 Å². The van der Waals surface area contributed by atoms with Gasteiger partial charge in [-0.3, -0.25) is 0 Å². The number of benzene rings is 1. The van der Waals surface area contributed by atoms with Crippen LogP contribution in [-0.4, -0.2) is 19.1 Å². The molecular weight excluding hydrogens is 257 g/mol. The number of methoxy groups -OCH3 is 1. The van der Waals surface area contributed by atoms with E-state index in [1.165, 1.54) is 38.5 Å². The van der Waals surface area contributed by atoms with Gasteiger partial charge in [-0.05, 0) is 49.8 Å². The van der Waals surface area contributed by atoms with Gasteiger partial charge < -0.3 is 10.1 Å². The Morgan fingerprint density at radius 3 is 2.65 bits per heavy atom. The Morgan fingerprint density at radius 2 is 2.05 bits per heavy atom. The fraction of sp³-hybridized carbons (Fsp3) is 0.562. The predicted molar refractivity (Wildman–Crippen MR) is 77.4 cm³/mol. The summed E-state index contributed by atoms with van der Waals surface area (Å²) in [5.41, 5.74) is 0.934. The molecule has 1 aliphatic rings. The van der Waals surface area contributed by atoms with E-state index in [4.69, 9.17) is 4.74 Å². The predicted octanol–water partition coefficient (Wildman–Crippen LogP) is 3.99. The van der Waals surface area contributed by atoms with E-state index >= 15 is 0 Å². The summed E-state index contributed by atoms with van der Waals surface area (Å²) in [6, 6.07) is 4.57. The third kappa shape index (κ3) is 3.50. The van der Waals surface area contributed by atoms with E-state index in [0.29, 0.717) is 11.7 Å². The molecule has 1 fully saturated rings. The van der Waals surface area contributed by atoms with Crippen molar-refractivity contribution in [2.24, 2.45) is 5.92 Å². The Balaban J connectivity index is 2.07. The summed E-state index contributed by atoms with van der Waals surface area (Å²) in [6.45, 7) is 2.23. The van der Waals surface area contributed by atoms with Crippen LogP contribution in [0.15, 0.2) is 18.2 Å². The second-order valence-corrected chi connectivity index (χ2v) is 5.45. The number of ether oxygens (including phenoxy) is 1. The standard InChI is InChI=1S/C16H22FNO2/c1-3-11-4-7-13(8-5-11)18-15-9-6-12(17)10-14(15)16(19)20-2/h6,9-11,13,18H,3-5,7-8H2,1-2H3. The smallest absolute Gasteiger partial charge is 0.340 e. The summed E-state index contributed by atoms with van der Waals surface area (Å²) >= 11 is 0. The van der Waals surface area contributed by atoms with Crippen LogP contribution in [0.5, 0.6) is 0 Å². The van der Waals surface area contributed by atoms with Crippen LogP contribution in [0.25, 0.3) is 0 Å². The molecule has 0 aromatic heterocycles. The number of carbonyl (C=O) groups is 1. The van der Waals surface area contributed by atoms with Crippen molar-refractivity contribution in [3.63, 3.8) is 0 Å². The van der Waals surface area contributed by atoms with Crippen molar-refractivity contribution >= 4 is 11.7 Å². The normalized spacial score (nSPS) is 22.4. The second-order valence-electron chi connectivity index (χ2n) is 5.45. The quantitative estimate of drug-likeness (QED) is 0.847. The molecule has 1 saturated carbocycles. The van der Waals surface area contributed by atoms with Crippen LogP contribution in [0.1, 0.15) is 49.4 Å². The zero-order valence-electron chi connectivity index (χ0n) is 12.1. The molecule has 0 aliphatic heterocycles. The molecule has 20 heavy (non-hydrogen) atoms. The van der Waals surface area contributed by atoms with Gasteiger partial charge in [-0.1, -0.05) is 13.3 Å². The maximum atomic E-state index is 13.3. The number of esters is 1. The highest BCUT2D eigenvalue weighted by molar-refractivity contribution is 5.95. The van der Waals surface area contributed by atoms with Crippen LogP contribution in [0, 0.1) is 11.7 Å². The van der Waals surface area contributed by atoms with Gasteiger partial charge in [-0.15, -0.1) is 0 Å². The molecular formula is C16H22FNO2. The summed E-state index contributed by atoms with van der Waals surface area (Å²) in [7, 11) is 1.31. The molecule has 0 saturated heterocycles. The van der Waals surface area contributed by atoms with Gasteiger partial charge in [0.05, 0.1) is 12.7 Å². The van der Waals surface area contributed by atoms with E-state index in [2.05, 4.69) is 12.2 Å². The number of hydrogen-bond donors (Lipinski definition) is 1. The van der Waals surface area contributed by atoms with Gasteiger partial charge in [0, 0.05) is 11.7 Å². The summed E-state index contributed by atoms with van der Waals surface area (Å²) in [5.74, 6) is -0.110. The molecule has 0 unspecified atom stereocenters. The average molecular weight is 279 g/mol. The number of halogens is 1. The Labute approximate surface area is 119 Å². The van der Waals surface area contributed by atoms with Crippen molar-refractivity contribution in [1.29, 1.82) is 0 Å². The van der Waals surface area contributed by atoms with Crippen molar-refractivity contribution in [1.82, 2.24) is 0 Å². The molecule has 4 heteroatoms. The summed E-state index contributed by atoms with van der Waals surface area (Å²) in [6.07, 6.45) is 5.84. The van der Waals surface area contributed by atoms with Crippen molar-refractivity contribution in [2.75, 3.05) is 12.4 Å². The average Bonchev–Trinajstić information content (AvgIpc) is 2.49. The number of nitrogens with one attached hydrogen (secondary N) is 1. The van der Waals surface area contributed by atoms with Crippen molar-refractivity contribution in [2.45, 2.75) is 45.1 Å². The molecule has 1 aliphatic carbocycles. The van der Waals surface area contributed by atoms with Gasteiger partial charge in [0.15, 0.2) is 0 Å². The minimum absolute atomic E-state index is 0.269. The molecule has 0 atom stereocenters. The van der Waals surface area contributed by atoms with E-state index in [1.54, 1.807) is 6.07 Å². The van der Waals surface area contributed by atoms with Crippen molar-refractivity contribution < 1.29 is 13.9 Å². The monoisotopic (exact) mass is 279 g/mol. The molecule has 0 radical (unpaired) electrons. The van der Waals surface area contributed by atoms with Gasteiger partial charge in [-0.2, -0.15) is 0 Å². The lowest BCUT2D eigenvalue weighted by Crippen LogP contribution is -2.26. The molecule has 2 rings (SSSR count). The number of rotatable bonds is 4. The third-order valence-corrected chi connectivity index (χ3v) is 4.17. The Morgan fingerprint density at radius 1 is 1.35 bits per heavy atom. The second kappa shape index (κ2) is 6.73. The molecule has 3 nitrogen and oxygen atoms in total. The van der Waals surface area contributed by atoms with E-state index in [-0.39, 0.29) is 5.56 Å². The Kier molecular flexibility index (Phi) is 4.99. The zero-order chi connectivity index (χ0) is 14.5. The largest absolute Gasteiger partial charge is 0.465 e. The van der Waals surface area contributed by atoms with Gasteiger partial charge >= 0.3 is 5.97 Å². The van der Waals surface area contributed by atoms with Crippen LogP contribution < -0.4 is 5.32 Å². The zero-order valence-corrected chi connectivity index (χ0v) is 12.1. The molecule has 0 heterocycles. The molecule has 1 aromatic rings. The number of hydrogen-bond acceptors (Lipinski definition) is 3. The highest BCUT2D eigenvalue weighted by Gasteiger charge is 2.21. The van der Waals surface area contributed by atoms with Gasteiger partial charge in [-0.25, -0.2) is 9.18 Å². The van der Waals surface area contributed by atoms with Crippen molar-refractivity contribution in [3.05, 3.63) is 29.6 Å². The van der Waals surface area contributed by atoms with Crippen LogP contribution >= 0.6 is 0 Å². The lowest BCUT2D eigenvalue weighted by atomic mass is 9.84. The first-order valence-corrected chi connectivity index (χ1v) is 7.28. The Bertz CT molecular complexity index is 468. The molecule has 1 aromatic carbocycles. The fourth-order valence-corrected chi connectivity index (χ4v) is 2.86. The third-order valence-electron chi connectivity index (χ3n) is 4.17. The minimum atomic E-state index is -0.505. The molecule has 0 spiro atoms. The summed E-state index contributed by atoms with van der Waals surface area (Å²) in [4.78, 5) is 11.7. The van der Waals surface area contributed by atoms with E-state index in [1.807, 2.05) is 0 Å². The number of anilines is 1. The van der Waals surface area contributed by atoms with E-state index in [0.717, 1.165) is 18.8 Å². The highest BCUT2D eigenvalue weighted by atomic mass is 19.1. The Hall–Kier alpha value is -1.58. The maximum absolute atomic E-state index is 13.3. The minimum Gasteiger partial charge on any atom is -0.465 e. The van der Waals surface area contributed by atoms with Crippen LogP contribution in [-0.2, 0) is 4.74 Å². The lowest BCUT2D eigenvalue weighted by molar-refractivity contribution is 0.0601. The van der Waals surface area contributed by atoms with Crippen LogP contribution in [0.3, 0.4) is 0 Å². The molecule has 1 N–H and O–H groups in total.